The average Bonchev–Trinajstić information content (AvgIpc) is 2.86. The van der Waals surface area contributed by atoms with Gasteiger partial charge in [-0.05, 0) is 25.5 Å². The number of nitrogen functional groups attached to an aromatic ring is 1. The molecule has 0 radical (unpaired) electrons. The van der Waals surface area contributed by atoms with Gasteiger partial charge in [0.15, 0.2) is 5.82 Å². The lowest BCUT2D eigenvalue weighted by atomic mass is 10.1. The van der Waals surface area contributed by atoms with E-state index in [-0.39, 0.29) is 0 Å². The van der Waals surface area contributed by atoms with E-state index in [1.807, 2.05) is 22.9 Å². The Morgan fingerprint density at radius 1 is 1.30 bits per heavy atom. The Morgan fingerprint density at radius 3 is 2.75 bits per heavy atom. The van der Waals surface area contributed by atoms with Crippen molar-refractivity contribution in [3.63, 3.8) is 0 Å². The molecule has 5 nitrogen and oxygen atoms in total. The van der Waals surface area contributed by atoms with Crippen molar-refractivity contribution in [1.82, 2.24) is 14.8 Å². The van der Waals surface area contributed by atoms with Crippen LogP contribution in [0.4, 0.5) is 5.82 Å². The van der Waals surface area contributed by atoms with Gasteiger partial charge in [0.1, 0.15) is 11.3 Å². The van der Waals surface area contributed by atoms with Gasteiger partial charge in [-0.3, -0.25) is 4.68 Å². The zero-order chi connectivity index (χ0) is 14.3. The van der Waals surface area contributed by atoms with E-state index in [1.165, 1.54) is 5.69 Å². The predicted octanol–water partition coefficient (Wildman–Crippen LogP) is 2.76. The Morgan fingerprint density at radius 2 is 2.10 bits per heavy atom. The van der Waals surface area contributed by atoms with Crippen molar-refractivity contribution >= 4 is 27.6 Å². The molecule has 5 heteroatoms. The number of methoxy groups -OCH3 is 1. The summed E-state index contributed by atoms with van der Waals surface area (Å²) in [6, 6.07) is 5.89. The highest BCUT2D eigenvalue weighted by atomic mass is 16.5. The number of nitrogens with two attached hydrogens (primary N) is 1. The number of aromatic nitrogens is 3. The van der Waals surface area contributed by atoms with E-state index in [0.29, 0.717) is 5.82 Å². The minimum atomic E-state index is 0.475. The van der Waals surface area contributed by atoms with Crippen LogP contribution in [0.2, 0.25) is 0 Å². The summed E-state index contributed by atoms with van der Waals surface area (Å²) in [4.78, 5) is 4.46. The van der Waals surface area contributed by atoms with Gasteiger partial charge in [0.05, 0.1) is 12.6 Å². The number of anilines is 1. The van der Waals surface area contributed by atoms with E-state index in [1.54, 1.807) is 7.11 Å². The van der Waals surface area contributed by atoms with Gasteiger partial charge in [0.2, 0.25) is 0 Å². The molecule has 0 bridgehead atoms. The van der Waals surface area contributed by atoms with Crippen molar-refractivity contribution < 1.29 is 4.74 Å². The Balaban J connectivity index is 2.47. The van der Waals surface area contributed by atoms with Gasteiger partial charge in [-0.1, -0.05) is 6.92 Å². The fraction of sp³-hybridized carbons (Fsp3) is 0.333. The zero-order valence-electron chi connectivity index (χ0n) is 12.0. The molecule has 3 rings (SSSR count). The van der Waals surface area contributed by atoms with Gasteiger partial charge >= 0.3 is 0 Å². The van der Waals surface area contributed by atoms with Gasteiger partial charge in [-0.2, -0.15) is 5.10 Å². The summed E-state index contributed by atoms with van der Waals surface area (Å²) in [6.07, 6.45) is 0.912. The number of hydrogen-bond acceptors (Lipinski definition) is 4. The number of ether oxygens (including phenoxy) is 1. The third-order valence-corrected chi connectivity index (χ3v) is 3.65. The van der Waals surface area contributed by atoms with Crippen molar-refractivity contribution in [1.29, 1.82) is 0 Å². The minimum Gasteiger partial charge on any atom is -0.497 e. The molecule has 0 saturated carbocycles. The third-order valence-electron chi connectivity index (χ3n) is 3.65. The molecular weight excluding hydrogens is 252 g/mol. The summed E-state index contributed by atoms with van der Waals surface area (Å²) in [5.74, 6) is 1.26. The molecule has 1 aromatic carbocycles. The quantitative estimate of drug-likeness (QED) is 0.794. The van der Waals surface area contributed by atoms with Crippen LogP contribution in [0, 0.1) is 0 Å². The molecule has 0 spiro atoms. The molecule has 0 amide bonds. The molecular formula is C15H18N4O. The predicted molar refractivity (Wildman–Crippen MR) is 81.1 cm³/mol. The molecule has 0 aliphatic rings. The lowest BCUT2D eigenvalue weighted by molar-refractivity contribution is 0.415. The smallest absolute Gasteiger partial charge is 0.152 e. The Hall–Kier alpha value is -2.30. The van der Waals surface area contributed by atoms with Gasteiger partial charge in [0.25, 0.3) is 0 Å². The third kappa shape index (κ3) is 1.70. The second-order valence-electron chi connectivity index (χ2n) is 4.72. The summed E-state index contributed by atoms with van der Waals surface area (Å²) in [5.41, 5.74) is 8.92. The first-order valence-corrected chi connectivity index (χ1v) is 6.82. The maximum atomic E-state index is 6.08. The Kier molecular flexibility index (Phi) is 2.97. The maximum absolute atomic E-state index is 6.08. The van der Waals surface area contributed by atoms with Gasteiger partial charge in [-0.15, -0.1) is 0 Å². The van der Waals surface area contributed by atoms with E-state index in [9.17, 15) is 0 Å². The number of rotatable bonds is 3. The number of aryl methyl sites for hydroxylation is 2. The van der Waals surface area contributed by atoms with Gasteiger partial charge < -0.3 is 10.5 Å². The molecule has 0 fully saturated rings. The summed E-state index contributed by atoms with van der Waals surface area (Å²) >= 11 is 0. The van der Waals surface area contributed by atoms with Crippen LogP contribution in [0.15, 0.2) is 18.2 Å². The maximum Gasteiger partial charge on any atom is 0.152 e. The van der Waals surface area contributed by atoms with Crippen molar-refractivity contribution in [2.45, 2.75) is 26.8 Å². The van der Waals surface area contributed by atoms with Crippen LogP contribution in [-0.4, -0.2) is 21.9 Å². The molecule has 0 aliphatic heterocycles. The van der Waals surface area contributed by atoms with Crippen LogP contribution in [-0.2, 0) is 13.0 Å². The number of benzene rings is 1. The van der Waals surface area contributed by atoms with Crippen LogP contribution in [0.5, 0.6) is 5.75 Å². The zero-order valence-corrected chi connectivity index (χ0v) is 12.0. The molecule has 0 unspecified atom stereocenters. The molecule has 3 aromatic rings. The molecule has 2 aromatic heterocycles. The number of nitrogens with zero attached hydrogens (tertiary/aromatic N) is 3. The lowest BCUT2D eigenvalue weighted by Crippen LogP contribution is -2.01. The first-order chi connectivity index (χ1) is 9.69. The minimum absolute atomic E-state index is 0.475. The summed E-state index contributed by atoms with van der Waals surface area (Å²) in [6.45, 7) is 5.05. The number of hydrogen-bond donors (Lipinski definition) is 1. The van der Waals surface area contributed by atoms with Crippen LogP contribution < -0.4 is 10.5 Å². The molecule has 2 heterocycles. The SMILES string of the molecule is CCc1c2c(nn1CC)c(N)nc1cc(OC)ccc12. The first-order valence-electron chi connectivity index (χ1n) is 6.82. The summed E-state index contributed by atoms with van der Waals surface area (Å²) < 4.78 is 7.26. The largest absolute Gasteiger partial charge is 0.497 e. The monoisotopic (exact) mass is 270 g/mol. The van der Waals surface area contributed by atoms with E-state index in [2.05, 4.69) is 23.9 Å². The summed E-state index contributed by atoms with van der Waals surface area (Å²) in [5, 5.41) is 6.78. The molecule has 2 N–H and O–H groups in total. The van der Waals surface area contributed by atoms with Crippen LogP contribution in [0.3, 0.4) is 0 Å². The normalized spacial score (nSPS) is 11.3. The van der Waals surface area contributed by atoms with Crippen LogP contribution in [0.1, 0.15) is 19.5 Å². The fourth-order valence-corrected chi connectivity index (χ4v) is 2.71. The van der Waals surface area contributed by atoms with Gasteiger partial charge in [-0.25, -0.2) is 4.98 Å². The second-order valence-corrected chi connectivity index (χ2v) is 4.72. The summed E-state index contributed by atoms with van der Waals surface area (Å²) in [7, 11) is 1.65. The number of pyridine rings is 1. The molecule has 104 valence electrons. The first kappa shape index (κ1) is 12.7. The van der Waals surface area contributed by atoms with Crippen LogP contribution in [0.25, 0.3) is 21.8 Å². The van der Waals surface area contributed by atoms with Crippen molar-refractivity contribution in [3.05, 3.63) is 23.9 Å². The molecule has 0 saturated heterocycles. The highest BCUT2D eigenvalue weighted by Crippen LogP contribution is 2.32. The van der Waals surface area contributed by atoms with Crippen molar-refractivity contribution in [2.75, 3.05) is 12.8 Å². The highest BCUT2D eigenvalue weighted by molar-refractivity contribution is 6.09. The lowest BCUT2D eigenvalue weighted by Gasteiger charge is -2.06. The molecule has 0 aliphatic carbocycles. The molecule has 0 atom stereocenters. The van der Waals surface area contributed by atoms with E-state index in [0.717, 1.165) is 40.5 Å². The average molecular weight is 270 g/mol. The van der Waals surface area contributed by atoms with Gasteiger partial charge in [0, 0.05) is 29.1 Å². The molecule has 20 heavy (non-hydrogen) atoms. The highest BCUT2D eigenvalue weighted by Gasteiger charge is 2.16. The fourth-order valence-electron chi connectivity index (χ4n) is 2.71. The number of fused-ring (bicyclic) bond motifs is 3. The van der Waals surface area contributed by atoms with E-state index in [4.69, 9.17) is 10.5 Å². The standard InChI is InChI=1S/C15H18N4O/c1-4-12-13-10-7-6-9(20-3)8-11(10)17-15(16)14(13)18-19(12)5-2/h6-8H,4-5H2,1-3H3,(H2,16,17). The van der Waals surface area contributed by atoms with Crippen molar-refractivity contribution in [2.24, 2.45) is 0 Å². The van der Waals surface area contributed by atoms with Crippen molar-refractivity contribution in [3.8, 4) is 5.75 Å². The Labute approximate surface area is 117 Å². The van der Waals surface area contributed by atoms with Crippen LogP contribution >= 0.6 is 0 Å². The second kappa shape index (κ2) is 4.67. The van der Waals surface area contributed by atoms with E-state index >= 15 is 0 Å². The van der Waals surface area contributed by atoms with E-state index < -0.39 is 0 Å². The topological polar surface area (TPSA) is 66.0 Å². The Bertz CT molecular complexity index is 792.